The highest BCUT2D eigenvalue weighted by molar-refractivity contribution is 6.06. The highest BCUT2D eigenvalue weighted by Gasteiger charge is 2.21. The van der Waals surface area contributed by atoms with Gasteiger partial charge in [0.1, 0.15) is 12.4 Å². The Kier molecular flexibility index (Phi) is 2.59. The monoisotopic (exact) mass is 233 g/mol. The van der Waals surface area contributed by atoms with Crippen LogP contribution >= 0.6 is 0 Å². The third kappa shape index (κ3) is 1.92. The first-order valence-corrected chi connectivity index (χ1v) is 5.73. The molecule has 0 spiro atoms. The van der Waals surface area contributed by atoms with Gasteiger partial charge in [-0.3, -0.25) is 4.98 Å². The fourth-order valence-electron chi connectivity index (χ4n) is 2.12. The Morgan fingerprint density at radius 1 is 1.35 bits per heavy atom. The van der Waals surface area contributed by atoms with Crippen molar-refractivity contribution in [3.63, 3.8) is 0 Å². The summed E-state index contributed by atoms with van der Waals surface area (Å²) in [5.74, 6) is -0.198. The predicted octanol–water partition coefficient (Wildman–Crippen LogP) is 1.73. The van der Waals surface area contributed by atoms with Crippen LogP contribution in [0.5, 0.6) is 0 Å². The van der Waals surface area contributed by atoms with E-state index in [0.29, 0.717) is 30.4 Å². The van der Waals surface area contributed by atoms with Crippen LogP contribution in [-0.4, -0.2) is 29.9 Å². The van der Waals surface area contributed by atoms with Gasteiger partial charge in [-0.25, -0.2) is 9.38 Å². The fourth-order valence-corrected chi connectivity index (χ4v) is 2.12. The van der Waals surface area contributed by atoms with Crippen molar-refractivity contribution in [2.24, 2.45) is 9.98 Å². The third-order valence-corrected chi connectivity index (χ3v) is 2.91. The molecule has 2 heterocycles. The lowest BCUT2D eigenvalue weighted by Crippen LogP contribution is -2.17. The summed E-state index contributed by atoms with van der Waals surface area (Å²) in [4.78, 5) is 12.7. The molecule has 1 aliphatic heterocycles. The van der Waals surface area contributed by atoms with Crippen LogP contribution < -0.4 is 0 Å². The molecule has 88 valence electrons. The minimum absolute atomic E-state index is 0.198. The van der Waals surface area contributed by atoms with Gasteiger partial charge in [-0.2, -0.15) is 4.99 Å². The standard InChI is InChI=1S/C12H12FN3O/c13-9-4-5-14-11-8(9)2-1-3-10(11)16-12-15-6-7-17-12/h4-5H,1-3,6-7H2/b16-10+. The molecule has 1 aromatic heterocycles. The molecule has 0 saturated heterocycles. The van der Waals surface area contributed by atoms with Gasteiger partial charge in [0.25, 0.3) is 0 Å². The zero-order chi connectivity index (χ0) is 11.7. The van der Waals surface area contributed by atoms with Crippen LogP contribution in [0.1, 0.15) is 24.1 Å². The molecule has 0 unspecified atom stereocenters. The van der Waals surface area contributed by atoms with Crippen LogP contribution in [0.4, 0.5) is 4.39 Å². The number of aliphatic imine (C=N–C) groups is 2. The zero-order valence-electron chi connectivity index (χ0n) is 9.32. The number of halogens is 1. The first-order chi connectivity index (χ1) is 8.34. The van der Waals surface area contributed by atoms with E-state index in [1.165, 1.54) is 12.3 Å². The van der Waals surface area contributed by atoms with Gasteiger partial charge >= 0.3 is 6.02 Å². The van der Waals surface area contributed by atoms with Crippen LogP contribution in [0.25, 0.3) is 0 Å². The zero-order valence-corrected chi connectivity index (χ0v) is 9.32. The van der Waals surface area contributed by atoms with E-state index in [1.807, 2.05) is 0 Å². The third-order valence-electron chi connectivity index (χ3n) is 2.91. The minimum atomic E-state index is -0.198. The second-order valence-corrected chi connectivity index (χ2v) is 4.04. The van der Waals surface area contributed by atoms with E-state index in [1.54, 1.807) is 0 Å². The van der Waals surface area contributed by atoms with E-state index in [2.05, 4.69) is 15.0 Å². The number of ether oxygens (including phenoxy) is 1. The summed E-state index contributed by atoms with van der Waals surface area (Å²) < 4.78 is 18.8. The lowest BCUT2D eigenvalue weighted by molar-refractivity contribution is 0.343. The number of hydrogen-bond donors (Lipinski definition) is 0. The molecule has 2 aliphatic rings. The maximum atomic E-state index is 13.6. The quantitative estimate of drug-likeness (QED) is 0.685. The SMILES string of the molecule is Fc1ccnc2c1CCC/C2=N\C1=NCCO1. The van der Waals surface area contributed by atoms with E-state index in [4.69, 9.17) is 4.74 Å². The predicted molar refractivity (Wildman–Crippen MR) is 61.9 cm³/mol. The number of amidine groups is 1. The van der Waals surface area contributed by atoms with E-state index in [9.17, 15) is 4.39 Å². The normalized spacial score (nSPS) is 21.0. The molecule has 0 aromatic carbocycles. The van der Waals surface area contributed by atoms with Crippen molar-refractivity contribution in [1.29, 1.82) is 0 Å². The summed E-state index contributed by atoms with van der Waals surface area (Å²) in [7, 11) is 0. The van der Waals surface area contributed by atoms with Crippen molar-refractivity contribution >= 4 is 11.7 Å². The highest BCUT2D eigenvalue weighted by atomic mass is 19.1. The summed E-state index contributed by atoms with van der Waals surface area (Å²) in [6.07, 6.45) is 3.89. The first-order valence-electron chi connectivity index (χ1n) is 5.73. The van der Waals surface area contributed by atoms with E-state index >= 15 is 0 Å². The molecule has 0 N–H and O–H groups in total. The Hall–Kier alpha value is -1.78. The average Bonchev–Trinajstić information content (AvgIpc) is 2.83. The van der Waals surface area contributed by atoms with Gasteiger partial charge in [-0.15, -0.1) is 0 Å². The Morgan fingerprint density at radius 2 is 2.29 bits per heavy atom. The van der Waals surface area contributed by atoms with Crippen molar-refractivity contribution in [2.45, 2.75) is 19.3 Å². The Bertz CT molecular complexity index is 510. The lowest BCUT2D eigenvalue weighted by Gasteiger charge is -2.16. The van der Waals surface area contributed by atoms with Crippen LogP contribution in [0, 0.1) is 5.82 Å². The van der Waals surface area contributed by atoms with Crippen LogP contribution in [-0.2, 0) is 11.2 Å². The van der Waals surface area contributed by atoms with Gasteiger partial charge in [-0.1, -0.05) is 0 Å². The molecule has 1 aromatic rings. The molecule has 1 aliphatic carbocycles. The molecular formula is C12H12FN3O. The Labute approximate surface area is 98.3 Å². The summed E-state index contributed by atoms with van der Waals surface area (Å²) in [6.45, 7) is 1.23. The summed E-state index contributed by atoms with van der Waals surface area (Å²) in [6, 6.07) is 1.80. The van der Waals surface area contributed by atoms with E-state index < -0.39 is 0 Å². The number of nitrogens with zero attached hydrogens (tertiary/aromatic N) is 3. The minimum Gasteiger partial charge on any atom is -0.462 e. The number of aromatic nitrogens is 1. The molecule has 0 radical (unpaired) electrons. The molecule has 17 heavy (non-hydrogen) atoms. The maximum absolute atomic E-state index is 13.6. The van der Waals surface area contributed by atoms with Crippen molar-refractivity contribution < 1.29 is 9.13 Å². The molecule has 5 heteroatoms. The van der Waals surface area contributed by atoms with Crippen LogP contribution in [0.2, 0.25) is 0 Å². The molecule has 0 saturated carbocycles. The second kappa shape index (κ2) is 4.24. The molecule has 0 amide bonds. The van der Waals surface area contributed by atoms with Crippen molar-refractivity contribution in [1.82, 2.24) is 4.98 Å². The van der Waals surface area contributed by atoms with Gasteiger partial charge < -0.3 is 4.74 Å². The average molecular weight is 233 g/mol. The fraction of sp³-hybridized carbons (Fsp3) is 0.417. The van der Waals surface area contributed by atoms with Gasteiger partial charge in [0.15, 0.2) is 0 Å². The second-order valence-electron chi connectivity index (χ2n) is 4.04. The molecule has 0 fully saturated rings. The van der Waals surface area contributed by atoms with Crippen molar-refractivity contribution in [2.75, 3.05) is 13.2 Å². The smallest absolute Gasteiger partial charge is 0.312 e. The lowest BCUT2D eigenvalue weighted by atomic mass is 9.94. The van der Waals surface area contributed by atoms with Crippen molar-refractivity contribution in [3.8, 4) is 0 Å². The number of hydrogen-bond acceptors (Lipinski definition) is 4. The Morgan fingerprint density at radius 3 is 3.12 bits per heavy atom. The Balaban J connectivity index is 2.02. The van der Waals surface area contributed by atoms with Gasteiger partial charge in [0, 0.05) is 11.8 Å². The summed E-state index contributed by atoms with van der Waals surface area (Å²) in [5, 5.41) is 0. The molecular weight excluding hydrogens is 221 g/mol. The van der Waals surface area contributed by atoms with Gasteiger partial charge in [0.05, 0.1) is 18.0 Å². The van der Waals surface area contributed by atoms with Gasteiger partial charge in [0.2, 0.25) is 0 Å². The summed E-state index contributed by atoms with van der Waals surface area (Å²) >= 11 is 0. The number of pyridine rings is 1. The molecule has 0 bridgehead atoms. The van der Waals surface area contributed by atoms with E-state index in [-0.39, 0.29) is 5.82 Å². The number of fused-ring (bicyclic) bond motifs is 1. The van der Waals surface area contributed by atoms with Crippen molar-refractivity contribution in [3.05, 3.63) is 29.3 Å². The summed E-state index contributed by atoms with van der Waals surface area (Å²) in [5.41, 5.74) is 2.11. The van der Waals surface area contributed by atoms with Crippen LogP contribution in [0.15, 0.2) is 22.2 Å². The molecule has 0 atom stereocenters. The molecule has 4 nitrogen and oxygen atoms in total. The number of rotatable bonds is 0. The van der Waals surface area contributed by atoms with Gasteiger partial charge in [-0.05, 0) is 25.3 Å². The van der Waals surface area contributed by atoms with Crippen LogP contribution in [0.3, 0.4) is 0 Å². The largest absolute Gasteiger partial charge is 0.462 e. The first kappa shape index (κ1) is 10.4. The maximum Gasteiger partial charge on any atom is 0.312 e. The topological polar surface area (TPSA) is 46.8 Å². The van der Waals surface area contributed by atoms with E-state index in [0.717, 1.165) is 25.0 Å². The highest BCUT2D eigenvalue weighted by Crippen LogP contribution is 2.22. The molecule has 3 rings (SSSR count).